The molecule has 1 amide bonds. The number of aromatic amines is 1. The van der Waals surface area contributed by atoms with E-state index in [2.05, 4.69) is 33.4 Å². The number of H-pyrrole nitrogens is 1. The lowest BCUT2D eigenvalue weighted by atomic mass is 9.73. The highest BCUT2D eigenvalue weighted by molar-refractivity contribution is 7.78. The quantitative estimate of drug-likeness (QED) is 0.741. The summed E-state index contributed by atoms with van der Waals surface area (Å²) in [5, 5.41) is 13.0. The molecule has 0 unspecified atom stereocenters. The summed E-state index contributed by atoms with van der Waals surface area (Å²) < 4.78 is 29.7. The van der Waals surface area contributed by atoms with E-state index in [1.807, 2.05) is 0 Å². The lowest BCUT2D eigenvalue weighted by molar-refractivity contribution is -0.111. The summed E-state index contributed by atoms with van der Waals surface area (Å²) in [5.41, 5.74) is 0.107. The SMILES string of the molecule is CC1(C)Cc2[nH]nc(C(=O)Nc3cnn(S)c3)c2CC1(F)F. The summed E-state index contributed by atoms with van der Waals surface area (Å²) >= 11 is 3.96. The topological polar surface area (TPSA) is 75.6 Å². The van der Waals surface area contributed by atoms with E-state index in [0.717, 1.165) is 0 Å². The minimum Gasteiger partial charge on any atom is -0.318 e. The minimum atomic E-state index is -2.89. The van der Waals surface area contributed by atoms with Gasteiger partial charge in [0.2, 0.25) is 0 Å². The maximum Gasteiger partial charge on any atom is 0.276 e. The Labute approximate surface area is 130 Å². The van der Waals surface area contributed by atoms with Gasteiger partial charge in [-0.25, -0.2) is 12.9 Å². The zero-order chi connectivity index (χ0) is 16.1. The second-order valence-corrected chi connectivity index (χ2v) is 6.48. The Balaban J connectivity index is 1.89. The van der Waals surface area contributed by atoms with Crippen LogP contribution in [-0.2, 0) is 12.8 Å². The molecule has 2 N–H and O–H groups in total. The molecule has 0 aliphatic heterocycles. The number of aromatic nitrogens is 4. The molecule has 0 radical (unpaired) electrons. The predicted molar refractivity (Wildman–Crippen MR) is 79.3 cm³/mol. The van der Waals surface area contributed by atoms with E-state index >= 15 is 0 Å². The first kappa shape index (κ1) is 15.0. The first-order valence-corrected chi connectivity index (χ1v) is 7.09. The largest absolute Gasteiger partial charge is 0.318 e. The Morgan fingerprint density at radius 3 is 2.82 bits per heavy atom. The number of hydrogen-bond donors (Lipinski definition) is 3. The van der Waals surface area contributed by atoms with Crippen LogP contribution in [0.15, 0.2) is 12.4 Å². The monoisotopic (exact) mass is 327 g/mol. The Bertz CT molecular complexity index is 737. The van der Waals surface area contributed by atoms with Crippen LogP contribution in [0, 0.1) is 5.41 Å². The van der Waals surface area contributed by atoms with Gasteiger partial charge >= 0.3 is 0 Å². The third-order valence-electron chi connectivity index (χ3n) is 4.00. The zero-order valence-corrected chi connectivity index (χ0v) is 12.9. The first-order chi connectivity index (χ1) is 10.2. The van der Waals surface area contributed by atoms with Crippen LogP contribution in [0.3, 0.4) is 0 Å². The maximum atomic E-state index is 14.2. The van der Waals surface area contributed by atoms with E-state index in [1.165, 1.54) is 30.3 Å². The van der Waals surface area contributed by atoms with E-state index in [1.54, 1.807) is 0 Å². The van der Waals surface area contributed by atoms with Gasteiger partial charge in [0.25, 0.3) is 11.8 Å². The van der Waals surface area contributed by atoms with Gasteiger partial charge in [-0.2, -0.15) is 10.2 Å². The molecule has 2 aromatic heterocycles. The summed E-state index contributed by atoms with van der Waals surface area (Å²) in [5.74, 6) is -3.44. The number of nitrogens with one attached hydrogen (secondary N) is 2. The van der Waals surface area contributed by atoms with Crippen molar-refractivity contribution in [3.05, 3.63) is 29.3 Å². The van der Waals surface area contributed by atoms with E-state index in [-0.39, 0.29) is 17.7 Å². The molecule has 6 nitrogen and oxygen atoms in total. The van der Waals surface area contributed by atoms with Gasteiger partial charge in [-0.3, -0.25) is 9.89 Å². The second-order valence-electron chi connectivity index (χ2n) is 6.07. The van der Waals surface area contributed by atoms with Crippen LogP contribution in [-0.4, -0.2) is 31.2 Å². The molecule has 0 atom stereocenters. The normalized spacial score (nSPS) is 18.8. The number of hydrogen-bond acceptors (Lipinski definition) is 4. The fraction of sp³-hybridized carbons (Fsp3) is 0.462. The van der Waals surface area contributed by atoms with Crippen molar-refractivity contribution in [2.24, 2.45) is 5.41 Å². The van der Waals surface area contributed by atoms with Crippen LogP contribution in [0.25, 0.3) is 0 Å². The van der Waals surface area contributed by atoms with Gasteiger partial charge in [-0.15, -0.1) is 0 Å². The number of fused-ring (bicyclic) bond motifs is 1. The van der Waals surface area contributed by atoms with Crippen molar-refractivity contribution < 1.29 is 13.6 Å². The summed E-state index contributed by atoms with van der Waals surface area (Å²) in [6.45, 7) is 3.02. The number of alkyl halides is 2. The Morgan fingerprint density at radius 2 is 2.18 bits per heavy atom. The fourth-order valence-corrected chi connectivity index (χ4v) is 2.70. The second kappa shape index (κ2) is 4.80. The minimum absolute atomic E-state index is 0.00270. The maximum absolute atomic E-state index is 14.2. The van der Waals surface area contributed by atoms with Crippen molar-refractivity contribution in [1.29, 1.82) is 0 Å². The molecule has 2 heterocycles. The van der Waals surface area contributed by atoms with E-state index in [9.17, 15) is 13.6 Å². The molecule has 3 rings (SSSR count). The molecule has 9 heteroatoms. The molecule has 1 aliphatic rings. The van der Waals surface area contributed by atoms with Gasteiger partial charge in [0, 0.05) is 29.5 Å². The van der Waals surface area contributed by atoms with Crippen LogP contribution >= 0.6 is 12.8 Å². The number of halogens is 2. The number of thiol groups is 1. The van der Waals surface area contributed by atoms with Crippen molar-refractivity contribution in [3.8, 4) is 0 Å². The highest BCUT2D eigenvalue weighted by Crippen LogP contribution is 2.46. The summed E-state index contributed by atoms with van der Waals surface area (Å²) in [6, 6.07) is 0. The zero-order valence-electron chi connectivity index (χ0n) is 12.0. The molecule has 0 bridgehead atoms. The molecule has 0 saturated carbocycles. The van der Waals surface area contributed by atoms with E-state index in [0.29, 0.717) is 11.4 Å². The number of nitrogens with zero attached hydrogens (tertiary/aromatic N) is 3. The number of carbonyl (C=O) groups is 1. The number of rotatable bonds is 2. The van der Waals surface area contributed by atoms with Crippen LogP contribution < -0.4 is 5.32 Å². The van der Waals surface area contributed by atoms with Crippen molar-refractivity contribution in [1.82, 2.24) is 19.4 Å². The molecular formula is C13H15F2N5OS. The lowest BCUT2D eigenvalue weighted by Crippen LogP contribution is -2.44. The molecule has 0 spiro atoms. The van der Waals surface area contributed by atoms with Gasteiger partial charge in [-0.1, -0.05) is 13.8 Å². The van der Waals surface area contributed by atoms with Crippen LogP contribution in [0.2, 0.25) is 0 Å². The average molecular weight is 327 g/mol. The van der Waals surface area contributed by atoms with Gasteiger partial charge in [0.1, 0.15) is 0 Å². The Kier molecular flexibility index (Phi) is 3.28. The third kappa shape index (κ3) is 2.39. The molecular weight excluding hydrogens is 312 g/mol. The molecule has 2 aromatic rings. The number of carbonyl (C=O) groups excluding carboxylic acids is 1. The third-order valence-corrected chi connectivity index (χ3v) is 4.22. The van der Waals surface area contributed by atoms with Gasteiger partial charge in [0.15, 0.2) is 5.69 Å². The van der Waals surface area contributed by atoms with Crippen LogP contribution in [0.4, 0.5) is 14.5 Å². The Hall–Kier alpha value is -1.90. The molecule has 1 aliphatic carbocycles. The van der Waals surface area contributed by atoms with E-state index in [4.69, 9.17) is 0 Å². The van der Waals surface area contributed by atoms with Gasteiger partial charge < -0.3 is 5.32 Å². The number of anilines is 1. The van der Waals surface area contributed by atoms with Crippen molar-refractivity contribution >= 4 is 24.4 Å². The molecule has 0 fully saturated rings. The fourth-order valence-electron chi connectivity index (χ4n) is 2.53. The van der Waals surface area contributed by atoms with Crippen LogP contribution in [0.5, 0.6) is 0 Å². The standard InChI is InChI=1S/C13H15F2N5OS/c1-12(2)4-9-8(3-13(12,14)15)10(19-18-9)11(21)17-7-5-16-20(22)6-7/h5-6,22H,3-4H2,1-2H3,(H,17,21)(H,18,19). The summed E-state index contributed by atoms with van der Waals surface area (Å²) in [7, 11) is 0. The average Bonchev–Trinajstić information content (AvgIpc) is 2.95. The summed E-state index contributed by atoms with van der Waals surface area (Å²) in [6.07, 6.45) is 2.53. The van der Waals surface area contributed by atoms with Gasteiger partial charge in [-0.05, 0) is 12.8 Å². The molecule has 118 valence electrons. The smallest absolute Gasteiger partial charge is 0.276 e. The first-order valence-electron chi connectivity index (χ1n) is 6.69. The van der Waals surface area contributed by atoms with E-state index < -0.39 is 23.7 Å². The predicted octanol–water partition coefficient (Wildman–Crippen LogP) is 2.31. The van der Waals surface area contributed by atoms with Crippen molar-refractivity contribution in [2.75, 3.05) is 5.32 Å². The highest BCUT2D eigenvalue weighted by atomic mass is 32.1. The Morgan fingerprint density at radius 1 is 1.45 bits per heavy atom. The van der Waals surface area contributed by atoms with Crippen LogP contribution in [0.1, 0.15) is 35.6 Å². The summed E-state index contributed by atoms with van der Waals surface area (Å²) in [4.78, 5) is 12.2. The number of amides is 1. The highest BCUT2D eigenvalue weighted by Gasteiger charge is 2.51. The van der Waals surface area contributed by atoms with Gasteiger partial charge in [0.05, 0.1) is 18.1 Å². The lowest BCUT2D eigenvalue weighted by Gasteiger charge is -2.37. The molecule has 0 saturated heterocycles. The van der Waals surface area contributed by atoms with Crippen molar-refractivity contribution in [2.45, 2.75) is 32.6 Å². The molecule has 22 heavy (non-hydrogen) atoms. The van der Waals surface area contributed by atoms with Crippen molar-refractivity contribution in [3.63, 3.8) is 0 Å². The molecule has 0 aromatic carbocycles.